The van der Waals surface area contributed by atoms with E-state index in [0.717, 1.165) is 0 Å². The maximum atomic E-state index is 10.9. The van der Waals surface area contributed by atoms with Crippen LogP contribution < -0.4 is 5.73 Å². The van der Waals surface area contributed by atoms with Crippen molar-refractivity contribution in [1.29, 1.82) is 0 Å². The first kappa shape index (κ1) is 7.02. The third-order valence-electron chi connectivity index (χ3n) is 1.64. The highest BCUT2D eigenvalue weighted by atomic mass is 32.2. The highest BCUT2D eigenvalue weighted by Crippen LogP contribution is 2.27. The SMILES string of the molecule is CCS(=O)(=O)[C@@H]1C[C@H]1N. The van der Waals surface area contributed by atoms with E-state index in [1.54, 1.807) is 6.92 Å². The fourth-order valence-electron chi connectivity index (χ4n) is 0.817. The Morgan fingerprint density at radius 1 is 1.67 bits per heavy atom. The largest absolute Gasteiger partial charge is 0.326 e. The van der Waals surface area contributed by atoms with Crippen LogP contribution in [-0.2, 0) is 9.84 Å². The van der Waals surface area contributed by atoms with Gasteiger partial charge in [-0.25, -0.2) is 8.42 Å². The molecule has 2 N–H and O–H groups in total. The van der Waals surface area contributed by atoms with Gasteiger partial charge in [0.25, 0.3) is 0 Å². The second-order valence-electron chi connectivity index (χ2n) is 2.39. The average Bonchev–Trinajstić information content (AvgIpc) is 2.47. The summed E-state index contributed by atoms with van der Waals surface area (Å²) >= 11 is 0. The minimum absolute atomic E-state index is 0.0741. The second-order valence-corrected chi connectivity index (χ2v) is 4.90. The van der Waals surface area contributed by atoms with Crippen molar-refractivity contribution in [2.24, 2.45) is 5.73 Å². The van der Waals surface area contributed by atoms with Gasteiger partial charge in [0, 0.05) is 11.8 Å². The average molecular weight is 149 g/mol. The molecule has 1 rings (SSSR count). The molecule has 0 radical (unpaired) electrons. The van der Waals surface area contributed by atoms with Crippen molar-refractivity contribution in [2.45, 2.75) is 24.6 Å². The summed E-state index contributed by atoms with van der Waals surface area (Å²) in [5, 5.41) is -0.220. The Morgan fingerprint density at radius 3 is 2.22 bits per heavy atom. The van der Waals surface area contributed by atoms with Gasteiger partial charge in [0.1, 0.15) is 0 Å². The number of rotatable bonds is 2. The first-order valence-corrected chi connectivity index (χ1v) is 4.76. The lowest BCUT2D eigenvalue weighted by molar-refractivity contribution is 0.595. The van der Waals surface area contributed by atoms with Crippen LogP contribution in [0.3, 0.4) is 0 Å². The van der Waals surface area contributed by atoms with E-state index in [4.69, 9.17) is 5.73 Å². The van der Waals surface area contributed by atoms with E-state index in [1.165, 1.54) is 0 Å². The topological polar surface area (TPSA) is 60.2 Å². The van der Waals surface area contributed by atoms with Crippen molar-refractivity contribution in [1.82, 2.24) is 0 Å². The number of hydrogen-bond donors (Lipinski definition) is 1. The molecule has 0 unspecified atom stereocenters. The molecule has 0 aromatic carbocycles. The zero-order valence-corrected chi connectivity index (χ0v) is 6.19. The zero-order valence-electron chi connectivity index (χ0n) is 5.37. The van der Waals surface area contributed by atoms with E-state index < -0.39 is 9.84 Å². The molecule has 4 heteroatoms. The van der Waals surface area contributed by atoms with Gasteiger partial charge in [-0.15, -0.1) is 0 Å². The van der Waals surface area contributed by atoms with Crippen LogP contribution in [-0.4, -0.2) is 25.5 Å². The van der Waals surface area contributed by atoms with Gasteiger partial charge in [-0.05, 0) is 6.42 Å². The fraction of sp³-hybridized carbons (Fsp3) is 1.00. The Bertz CT molecular complexity index is 197. The zero-order chi connectivity index (χ0) is 7.07. The summed E-state index contributed by atoms with van der Waals surface area (Å²) in [6, 6.07) is -0.0741. The van der Waals surface area contributed by atoms with Crippen LogP contribution in [0.25, 0.3) is 0 Å². The van der Waals surface area contributed by atoms with Crippen LogP contribution >= 0.6 is 0 Å². The highest BCUT2D eigenvalue weighted by Gasteiger charge is 2.43. The van der Waals surface area contributed by atoms with E-state index >= 15 is 0 Å². The molecule has 1 saturated carbocycles. The quantitative estimate of drug-likeness (QED) is 0.577. The van der Waals surface area contributed by atoms with Crippen molar-refractivity contribution in [3.05, 3.63) is 0 Å². The molecule has 54 valence electrons. The van der Waals surface area contributed by atoms with Crippen LogP contribution in [0.5, 0.6) is 0 Å². The molecule has 1 fully saturated rings. The van der Waals surface area contributed by atoms with Crippen LogP contribution in [0.2, 0.25) is 0 Å². The molecule has 1 aliphatic rings. The van der Waals surface area contributed by atoms with E-state index in [-0.39, 0.29) is 17.0 Å². The second kappa shape index (κ2) is 1.95. The minimum atomic E-state index is -2.80. The molecular weight excluding hydrogens is 138 g/mol. The molecule has 0 spiro atoms. The summed E-state index contributed by atoms with van der Waals surface area (Å²) in [5.74, 6) is 0.228. The predicted molar refractivity (Wildman–Crippen MR) is 35.8 cm³/mol. The number of sulfone groups is 1. The van der Waals surface area contributed by atoms with Gasteiger partial charge in [0.05, 0.1) is 5.25 Å². The molecule has 0 bridgehead atoms. The Labute approximate surface area is 55.2 Å². The summed E-state index contributed by atoms with van der Waals surface area (Å²) in [4.78, 5) is 0. The van der Waals surface area contributed by atoms with Crippen LogP contribution in [0, 0.1) is 0 Å². The molecule has 0 heterocycles. The lowest BCUT2D eigenvalue weighted by Gasteiger charge is -1.94. The maximum Gasteiger partial charge on any atom is 0.154 e. The van der Waals surface area contributed by atoms with E-state index in [0.29, 0.717) is 6.42 Å². The molecular formula is C5H11NO2S. The number of nitrogens with two attached hydrogens (primary N) is 1. The molecule has 0 amide bonds. The van der Waals surface area contributed by atoms with Crippen molar-refractivity contribution in [3.63, 3.8) is 0 Å². The Hall–Kier alpha value is -0.0900. The molecule has 0 saturated heterocycles. The number of hydrogen-bond acceptors (Lipinski definition) is 3. The van der Waals surface area contributed by atoms with Gasteiger partial charge in [-0.1, -0.05) is 6.92 Å². The van der Waals surface area contributed by atoms with Gasteiger partial charge in [-0.3, -0.25) is 0 Å². The first-order chi connectivity index (χ1) is 4.08. The molecule has 0 aromatic heterocycles. The highest BCUT2D eigenvalue weighted by molar-refractivity contribution is 7.92. The predicted octanol–water partition coefficient (Wildman–Crippen LogP) is -0.479. The third kappa shape index (κ3) is 1.24. The molecule has 0 aromatic rings. The van der Waals surface area contributed by atoms with E-state index in [1.807, 2.05) is 0 Å². The van der Waals surface area contributed by atoms with Crippen molar-refractivity contribution < 1.29 is 8.42 Å². The molecule has 0 aliphatic heterocycles. The Balaban J connectivity index is 2.63. The van der Waals surface area contributed by atoms with E-state index in [9.17, 15) is 8.42 Å². The van der Waals surface area contributed by atoms with Gasteiger partial charge in [-0.2, -0.15) is 0 Å². The fourth-order valence-corrected chi connectivity index (χ4v) is 2.29. The van der Waals surface area contributed by atoms with Crippen LogP contribution in [0.1, 0.15) is 13.3 Å². The Morgan fingerprint density at radius 2 is 2.11 bits per heavy atom. The van der Waals surface area contributed by atoms with Gasteiger partial charge >= 0.3 is 0 Å². The summed E-state index contributed by atoms with van der Waals surface area (Å²) in [6.07, 6.45) is 0.663. The minimum Gasteiger partial charge on any atom is -0.326 e. The summed E-state index contributed by atoms with van der Waals surface area (Å²) in [5.41, 5.74) is 5.35. The molecule has 1 aliphatic carbocycles. The standard InChI is InChI=1S/C5H11NO2S/c1-2-9(7,8)5-3-4(5)6/h4-5H,2-3,6H2,1H3/t4-,5-/m1/s1. The normalized spacial score (nSPS) is 34.4. The lowest BCUT2D eigenvalue weighted by atomic mass is 10.8. The van der Waals surface area contributed by atoms with Crippen molar-refractivity contribution >= 4 is 9.84 Å². The molecule has 2 atom stereocenters. The third-order valence-corrected chi connectivity index (χ3v) is 3.91. The molecule has 3 nitrogen and oxygen atoms in total. The first-order valence-electron chi connectivity index (χ1n) is 3.05. The molecule has 9 heavy (non-hydrogen) atoms. The van der Waals surface area contributed by atoms with Crippen LogP contribution in [0.15, 0.2) is 0 Å². The summed E-state index contributed by atoms with van der Waals surface area (Å²) in [7, 11) is -2.80. The Kier molecular flexibility index (Phi) is 1.52. The van der Waals surface area contributed by atoms with Crippen LogP contribution in [0.4, 0.5) is 0 Å². The van der Waals surface area contributed by atoms with Gasteiger partial charge in [0.2, 0.25) is 0 Å². The smallest absolute Gasteiger partial charge is 0.154 e. The monoisotopic (exact) mass is 149 g/mol. The van der Waals surface area contributed by atoms with Gasteiger partial charge < -0.3 is 5.73 Å². The maximum absolute atomic E-state index is 10.9. The summed E-state index contributed by atoms with van der Waals surface area (Å²) < 4.78 is 21.8. The van der Waals surface area contributed by atoms with Crippen molar-refractivity contribution in [3.8, 4) is 0 Å². The lowest BCUT2D eigenvalue weighted by Crippen LogP contribution is -2.16. The van der Waals surface area contributed by atoms with E-state index in [2.05, 4.69) is 0 Å². The summed E-state index contributed by atoms with van der Waals surface area (Å²) in [6.45, 7) is 1.65. The van der Waals surface area contributed by atoms with Crippen molar-refractivity contribution in [2.75, 3.05) is 5.75 Å². The van der Waals surface area contributed by atoms with Gasteiger partial charge in [0.15, 0.2) is 9.84 Å².